The average Bonchev–Trinajstić information content (AvgIpc) is 2.82. The second kappa shape index (κ2) is 6.14. The minimum absolute atomic E-state index is 0.922. The van der Waals surface area contributed by atoms with Gasteiger partial charge in [-0.05, 0) is 24.7 Å². The summed E-state index contributed by atoms with van der Waals surface area (Å²) in [6.45, 7) is 2.36. The van der Waals surface area contributed by atoms with Crippen LogP contribution in [0, 0.1) is 11.8 Å². The lowest BCUT2D eigenvalue weighted by molar-refractivity contribution is 0.399. The molecule has 1 aliphatic carbocycles. The SMILES string of the molecule is CC1CCC(Cc2nccs2)C1.CO. The number of rotatable bonds is 2. The number of nitrogens with zero attached hydrogens (tertiary/aromatic N) is 1. The van der Waals surface area contributed by atoms with Crippen molar-refractivity contribution in [2.45, 2.75) is 32.6 Å². The highest BCUT2D eigenvalue weighted by Crippen LogP contribution is 2.32. The van der Waals surface area contributed by atoms with Gasteiger partial charge in [0, 0.05) is 25.1 Å². The summed E-state index contributed by atoms with van der Waals surface area (Å²) in [7, 11) is 1.00. The summed E-state index contributed by atoms with van der Waals surface area (Å²) in [4.78, 5) is 4.32. The van der Waals surface area contributed by atoms with Crippen molar-refractivity contribution < 1.29 is 5.11 Å². The predicted octanol–water partition coefficient (Wildman–Crippen LogP) is 2.73. The van der Waals surface area contributed by atoms with Crippen LogP contribution < -0.4 is 0 Å². The summed E-state index contributed by atoms with van der Waals surface area (Å²) in [5.41, 5.74) is 0. The van der Waals surface area contributed by atoms with Gasteiger partial charge in [-0.1, -0.05) is 13.3 Å². The number of aliphatic hydroxyl groups is 1. The number of hydrogen-bond donors (Lipinski definition) is 1. The van der Waals surface area contributed by atoms with E-state index in [1.54, 1.807) is 11.3 Å². The van der Waals surface area contributed by atoms with Crippen molar-refractivity contribution in [1.82, 2.24) is 4.98 Å². The third-order valence-corrected chi connectivity index (χ3v) is 3.55. The quantitative estimate of drug-likeness (QED) is 0.819. The maximum absolute atomic E-state index is 7.00. The number of aromatic nitrogens is 1. The molecule has 0 saturated heterocycles. The molecule has 0 amide bonds. The van der Waals surface area contributed by atoms with Crippen LogP contribution in [0.15, 0.2) is 11.6 Å². The minimum Gasteiger partial charge on any atom is -0.400 e. The molecule has 2 unspecified atom stereocenters. The Morgan fingerprint density at radius 3 is 2.79 bits per heavy atom. The summed E-state index contributed by atoms with van der Waals surface area (Å²) in [5, 5.41) is 10.4. The largest absolute Gasteiger partial charge is 0.400 e. The van der Waals surface area contributed by atoms with Crippen molar-refractivity contribution in [2.75, 3.05) is 7.11 Å². The molecule has 80 valence electrons. The van der Waals surface area contributed by atoms with E-state index in [2.05, 4.69) is 17.3 Å². The molecule has 2 nitrogen and oxygen atoms in total. The average molecular weight is 213 g/mol. The van der Waals surface area contributed by atoms with Crippen LogP contribution in [0.3, 0.4) is 0 Å². The monoisotopic (exact) mass is 213 g/mol. The molecule has 0 spiro atoms. The topological polar surface area (TPSA) is 33.1 Å². The van der Waals surface area contributed by atoms with Crippen LogP contribution in [0.25, 0.3) is 0 Å². The van der Waals surface area contributed by atoms with E-state index in [1.807, 2.05) is 6.20 Å². The van der Waals surface area contributed by atoms with Crippen molar-refractivity contribution in [3.05, 3.63) is 16.6 Å². The van der Waals surface area contributed by atoms with E-state index in [-0.39, 0.29) is 0 Å². The molecule has 1 aromatic rings. The normalized spacial score (nSPS) is 25.6. The summed E-state index contributed by atoms with van der Waals surface area (Å²) >= 11 is 1.80. The third-order valence-electron chi connectivity index (χ3n) is 2.75. The van der Waals surface area contributed by atoms with Gasteiger partial charge in [0.25, 0.3) is 0 Å². The molecule has 1 fully saturated rings. The Balaban J connectivity index is 0.000000461. The molecule has 1 N–H and O–H groups in total. The second-order valence-electron chi connectivity index (χ2n) is 3.91. The van der Waals surface area contributed by atoms with Gasteiger partial charge in [0.05, 0.1) is 5.01 Å². The summed E-state index contributed by atoms with van der Waals surface area (Å²) < 4.78 is 0. The van der Waals surface area contributed by atoms with Gasteiger partial charge in [0.15, 0.2) is 0 Å². The Morgan fingerprint density at radius 2 is 2.29 bits per heavy atom. The molecule has 0 aliphatic heterocycles. The predicted molar refractivity (Wildman–Crippen MR) is 60.5 cm³/mol. The van der Waals surface area contributed by atoms with E-state index in [1.165, 1.54) is 30.7 Å². The van der Waals surface area contributed by atoms with Gasteiger partial charge < -0.3 is 5.11 Å². The maximum Gasteiger partial charge on any atom is 0.0927 e. The van der Waals surface area contributed by atoms with Crippen molar-refractivity contribution in [3.8, 4) is 0 Å². The molecule has 0 radical (unpaired) electrons. The molecule has 0 bridgehead atoms. The molecular weight excluding hydrogens is 194 g/mol. The van der Waals surface area contributed by atoms with Gasteiger partial charge in [-0.2, -0.15) is 0 Å². The highest BCUT2D eigenvalue weighted by atomic mass is 32.1. The zero-order valence-electron chi connectivity index (χ0n) is 8.94. The van der Waals surface area contributed by atoms with Gasteiger partial charge in [-0.15, -0.1) is 11.3 Å². The summed E-state index contributed by atoms with van der Waals surface area (Å²) in [5.74, 6) is 1.88. The van der Waals surface area contributed by atoms with Crippen LogP contribution in [-0.4, -0.2) is 17.2 Å². The summed E-state index contributed by atoms with van der Waals surface area (Å²) in [6, 6.07) is 0. The van der Waals surface area contributed by atoms with Crippen molar-refractivity contribution in [2.24, 2.45) is 11.8 Å². The first kappa shape index (κ1) is 11.7. The Kier molecular flexibility index (Phi) is 5.12. The van der Waals surface area contributed by atoms with Gasteiger partial charge in [-0.25, -0.2) is 4.98 Å². The van der Waals surface area contributed by atoms with Gasteiger partial charge in [0.1, 0.15) is 0 Å². The van der Waals surface area contributed by atoms with Crippen LogP contribution in [0.4, 0.5) is 0 Å². The molecule has 3 heteroatoms. The lowest BCUT2D eigenvalue weighted by atomic mass is 10.0. The summed E-state index contributed by atoms with van der Waals surface area (Å²) in [6.07, 6.45) is 7.40. The molecule has 1 saturated carbocycles. The van der Waals surface area contributed by atoms with Crippen LogP contribution in [0.1, 0.15) is 31.2 Å². The maximum atomic E-state index is 7.00. The van der Waals surface area contributed by atoms with E-state index in [9.17, 15) is 0 Å². The van der Waals surface area contributed by atoms with Gasteiger partial charge in [-0.3, -0.25) is 0 Å². The first-order valence-electron chi connectivity index (χ1n) is 5.17. The Morgan fingerprint density at radius 1 is 1.50 bits per heavy atom. The number of hydrogen-bond acceptors (Lipinski definition) is 3. The standard InChI is InChI=1S/C10H15NS.CH4O/c1-8-2-3-9(6-8)7-10-11-4-5-12-10;1-2/h4-5,8-9H,2-3,6-7H2,1H3;2H,1H3. The lowest BCUT2D eigenvalue weighted by Gasteiger charge is -2.05. The molecule has 1 aromatic heterocycles. The highest BCUT2D eigenvalue weighted by Gasteiger charge is 2.21. The van der Waals surface area contributed by atoms with E-state index in [0.717, 1.165) is 18.9 Å². The number of thiazole rings is 1. The Hall–Kier alpha value is -0.410. The van der Waals surface area contributed by atoms with E-state index < -0.39 is 0 Å². The Bertz CT molecular complexity index is 235. The van der Waals surface area contributed by atoms with Crippen LogP contribution in [-0.2, 0) is 6.42 Å². The molecule has 2 rings (SSSR count). The first-order chi connectivity index (χ1) is 6.84. The van der Waals surface area contributed by atoms with E-state index in [4.69, 9.17) is 5.11 Å². The van der Waals surface area contributed by atoms with Gasteiger partial charge in [0.2, 0.25) is 0 Å². The van der Waals surface area contributed by atoms with Gasteiger partial charge >= 0.3 is 0 Å². The first-order valence-corrected chi connectivity index (χ1v) is 6.05. The lowest BCUT2D eigenvalue weighted by Crippen LogP contribution is -1.98. The smallest absolute Gasteiger partial charge is 0.0927 e. The molecule has 2 atom stereocenters. The molecular formula is C11H19NOS. The van der Waals surface area contributed by atoms with E-state index in [0.29, 0.717) is 0 Å². The fourth-order valence-electron chi connectivity index (χ4n) is 2.11. The number of aliphatic hydroxyl groups excluding tert-OH is 1. The second-order valence-corrected chi connectivity index (χ2v) is 4.89. The fraction of sp³-hybridized carbons (Fsp3) is 0.727. The zero-order valence-corrected chi connectivity index (χ0v) is 9.76. The van der Waals surface area contributed by atoms with Crippen molar-refractivity contribution >= 4 is 11.3 Å². The molecule has 0 aromatic carbocycles. The van der Waals surface area contributed by atoms with E-state index >= 15 is 0 Å². The fourth-order valence-corrected chi connectivity index (χ4v) is 2.84. The Labute approximate surface area is 90.0 Å². The van der Waals surface area contributed by atoms with Crippen molar-refractivity contribution in [3.63, 3.8) is 0 Å². The van der Waals surface area contributed by atoms with Crippen molar-refractivity contribution in [1.29, 1.82) is 0 Å². The van der Waals surface area contributed by atoms with Crippen LogP contribution >= 0.6 is 11.3 Å². The zero-order chi connectivity index (χ0) is 10.4. The third kappa shape index (κ3) is 3.39. The minimum atomic E-state index is 0.922. The highest BCUT2D eigenvalue weighted by molar-refractivity contribution is 7.09. The molecule has 14 heavy (non-hydrogen) atoms. The van der Waals surface area contributed by atoms with Crippen LogP contribution in [0.2, 0.25) is 0 Å². The molecule has 1 heterocycles. The molecule has 1 aliphatic rings. The van der Waals surface area contributed by atoms with Crippen LogP contribution in [0.5, 0.6) is 0 Å².